The van der Waals surface area contributed by atoms with Crippen LogP contribution in [0.2, 0.25) is 0 Å². The lowest BCUT2D eigenvalue weighted by Crippen LogP contribution is -2.21. The molecule has 0 aliphatic carbocycles. The molecule has 1 saturated heterocycles. The van der Waals surface area contributed by atoms with Gasteiger partial charge in [-0.05, 0) is 20.8 Å². The molecule has 1 heterocycles. The van der Waals surface area contributed by atoms with Gasteiger partial charge >= 0.3 is 0 Å². The second kappa shape index (κ2) is 1.70. The molecule has 0 amide bonds. The maximum atomic E-state index is 5.41. The third-order valence-corrected chi connectivity index (χ3v) is 2.13. The number of hydrogen-bond acceptors (Lipinski definition) is 2. The van der Waals surface area contributed by atoms with Crippen molar-refractivity contribution in [1.82, 2.24) is 0 Å². The number of methoxy groups -OCH3 is 1. The van der Waals surface area contributed by atoms with Gasteiger partial charge < -0.3 is 9.47 Å². The fraction of sp³-hybridized carbons (Fsp3) is 1.00. The fourth-order valence-corrected chi connectivity index (χ4v) is 1.02. The minimum atomic E-state index is -0.0260. The average molecular weight is 130 g/mol. The summed E-state index contributed by atoms with van der Waals surface area (Å²) in [5.74, 6) is 0. The highest BCUT2D eigenvalue weighted by Gasteiger charge is 2.59. The summed E-state index contributed by atoms with van der Waals surface area (Å²) >= 11 is 0. The fourth-order valence-electron chi connectivity index (χ4n) is 1.02. The second-order valence-corrected chi connectivity index (χ2v) is 3.28. The van der Waals surface area contributed by atoms with Crippen LogP contribution >= 0.6 is 0 Å². The average Bonchev–Trinajstić information content (AvgIpc) is 2.07. The maximum absolute atomic E-state index is 5.41. The zero-order valence-electron chi connectivity index (χ0n) is 6.52. The molecule has 0 radical (unpaired) electrons. The van der Waals surface area contributed by atoms with Gasteiger partial charge in [0.15, 0.2) is 0 Å². The normalized spacial score (nSPS) is 38.7. The monoisotopic (exact) mass is 130 g/mol. The first-order valence-corrected chi connectivity index (χ1v) is 3.21. The summed E-state index contributed by atoms with van der Waals surface area (Å²) in [5, 5.41) is 0. The highest BCUT2D eigenvalue weighted by molar-refractivity contribution is 5.07. The molecular formula is C7H14O2. The smallest absolute Gasteiger partial charge is 0.118 e. The Morgan fingerprint density at radius 3 is 1.89 bits per heavy atom. The zero-order chi connectivity index (χ0) is 7.12. The summed E-state index contributed by atoms with van der Waals surface area (Å²) in [5.41, 5.74) is 0.00472. The van der Waals surface area contributed by atoms with Crippen LogP contribution in [0, 0.1) is 0 Å². The van der Waals surface area contributed by atoms with E-state index in [4.69, 9.17) is 9.47 Å². The molecule has 2 nitrogen and oxygen atoms in total. The third-order valence-electron chi connectivity index (χ3n) is 2.13. The van der Waals surface area contributed by atoms with Crippen LogP contribution in [0.15, 0.2) is 0 Å². The van der Waals surface area contributed by atoms with Crippen molar-refractivity contribution < 1.29 is 9.47 Å². The van der Waals surface area contributed by atoms with E-state index in [1.165, 1.54) is 0 Å². The number of epoxide rings is 1. The molecule has 0 aromatic heterocycles. The zero-order valence-corrected chi connectivity index (χ0v) is 6.52. The van der Waals surface area contributed by atoms with Gasteiger partial charge in [-0.15, -0.1) is 0 Å². The molecule has 1 rings (SSSR count). The summed E-state index contributed by atoms with van der Waals surface area (Å²) in [6.07, 6.45) is 0. The van der Waals surface area contributed by atoms with Crippen LogP contribution in [-0.2, 0) is 9.47 Å². The summed E-state index contributed by atoms with van der Waals surface area (Å²) < 4.78 is 10.4. The maximum Gasteiger partial charge on any atom is 0.118 e. The minimum absolute atomic E-state index is 0.0260. The lowest BCUT2D eigenvalue weighted by Gasteiger charge is -2.05. The molecule has 1 unspecified atom stereocenters. The molecule has 1 aliphatic heterocycles. The van der Waals surface area contributed by atoms with Gasteiger partial charge in [0.05, 0.1) is 12.2 Å². The summed E-state index contributed by atoms with van der Waals surface area (Å²) in [6.45, 7) is 6.91. The van der Waals surface area contributed by atoms with Gasteiger partial charge in [-0.1, -0.05) is 0 Å². The van der Waals surface area contributed by atoms with Crippen molar-refractivity contribution in [3.8, 4) is 0 Å². The van der Waals surface area contributed by atoms with Gasteiger partial charge in [-0.25, -0.2) is 0 Å². The number of rotatable bonds is 2. The van der Waals surface area contributed by atoms with Gasteiger partial charge in [0.25, 0.3) is 0 Å². The molecule has 0 spiro atoms. The van der Waals surface area contributed by atoms with Crippen molar-refractivity contribution in [3.63, 3.8) is 0 Å². The Kier molecular flexibility index (Phi) is 1.33. The predicted molar refractivity (Wildman–Crippen MR) is 35.4 cm³/mol. The second-order valence-electron chi connectivity index (χ2n) is 3.28. The van der Waals surface area contributed by atoms with Crippen molar-refractivity contribution in [2.24, 2.45) is 0 Å². The van der Waals surface area contributed by atoms with Crippen LogP contribution in [0.3, 0.4) is 0 Å². The van der Waals surface area contributed by atoms with Crippen molar-refractivity contribution in [1.29, 1.82) is 0 Å². The topological polar surface area (TPSA) is 21.8 Å². The predicted octanol–water partition coefficient (Wildman–Crippen LogP) is 1.20. The molecule has 0 aromatic rings. The van der Waals surface area contributed by atoms with Crippen molar-refractivity contribution in [3.05, 3.63) is 0 Å². The van der Waals surface area contributed by atoms with Crippen LogP contribution in [0.4, 0.5) is 0 Å². The quantitative estimate of drug-likeness (QED) is 0.524. The van der Waals surface area contributed by atoms with Crippen LogP contribution in [-0.4, -0.2) is 24.9 Å². The van der Waals surface area contributed by atoms with E-state index in [2.05, 4.69) is 20.8 Å². The third kappa shape index (κ3) is 0.970. The Labute approximate surface area is 56.2 Å². The van der Waals surface area contributed by atoms with E-state index in [-0.39, 0.29) is 11.2 Å². The summed E-state index contributed by atoms with van der Waals surface area (Å²) in [7, 11) is 1.70. The summed E-state index contributed by atoms with van der Waals surface area (Å²) in [6, 6.07) is 0. The first-order valence-electron chi connectivity index (χ1n) is 3.21. The van der Waals surface area contributed by atoms with Crippen LogP contribution in [0.5, 0.6) is 0 Å². The van der Waals surface area contributed by atoms with Crippen molar-refractivity contribution >= 4 is 0 Å². The Morgan fingerprint density at radius 1 is 1.33 bits per heavy atom. The number of hydrogen-bond donors (Lipinski definition) is 0. The highest BCUT2D eigenvalue weighted by Crippen LogP contribution is 2.46. The largest absolute Gasteiger partial charge is 0.382 e. The molecule has 9 heavy (non-hydrogen) atoms. The molecule has 1 fully saturated rings. The van der Waals surface area contributed by atoms with Gasteiger partial charge in [0.2, 0.25) is 0 Å². The molecular weight excluding hydrogens is 116 g/mol. The molecule has 2 heteroatoms. The molecule has 0 N–H and O–H groups in total. The van der Waals surface area contributed by atoms with Crippen molar-refractivity contribution in [2.45, 2.75) is 32.0 Å². The minimum Gasteiger partial charge on any atom is -0.382 e. The molecule has 1 atom stereocenters. The van der Waals surface area contributed by atoms with Crippen LogP contribution < -0.4 is 0 Å². The SMILES string of the molecule is COCC1(C)OC1(C)C. The van der Waals surface area contributed by atoms with E-state index in [1.54, 1.807) is 7.11 Å². The van der Waals surface area contributed by atoms with Gasteiger partial charge in [0, 0.05) is 7.11 Å². The Bertz CT molecular complexity index is 120. The molecule has 0 saturated carbocycles. The molecule has 0 aromatic carbocycles. The Hall–Kier alpha value is -0.0800. The van der Waals surface area contributed by atoms with Crippen molar-refractivity contribution in [2.75, 3.05) is 13.7 Å². The van der Waals surface area contributed by atoms with E-state index >= 15 is 0 Å². The lowest BCUT2D eigenvalue weighted by atomic mass is 10.00. The van der Waals surface area contributed by atoms with Gasteiger partial charge in [0.1, 0.15) is 5.60 Å². The van der Waals surface area contributed by atoms with E-state index in [0.29, 0.717) is 6.61 Å². The van der Waals surface area contributed by atoms with Crippen LogP contribution in [0.25, 0.3) is 0 Å². The Morgan fingerprint density at radius 2 is 1.78 bits per heavy atom. The van der Waals surface area contributed by atoms with Gasteiger partial charge in [-0.2, -0.15) is 0 Å². The standard InChI is InChI=1S/C7H14O2/c1-6(2)7(3,9-6)5-8-4/h5H2,1-4H3. The molecule has 54 valence electrons. The highest BCUT2D eigenvalue weighted by atomic mass is 16.6. The first kappa shape index (κ1) is 7.03. The summed E-state index contributed by atoms with van der Waals surface area (Å²) in [4.78, 5) is 0. The molecule has 0 bridgehead atoms. The van der Waals surface area contributed by atoms with E-state index in [9.17, 15) is 0 Å². The van der Waals surface area contributed by atoms with E-state index in [0.717, 1.165) is 0 Å². The van der Waals surface area contributed by atoms with Gasteiger partial charge in [-0.3, -0.25) is 0 Å². The Balaban J connectivity index is 2.42. The first-order chi connectivity index (χ1) is 4.02. The van der Waals surface area contributed by atoms with Crippen LogP contribution in [0.1, 0.15) is 20.8 Å². The van der Waals surface area contributed by atoms with E-state index < -0.39 is 0 Å². The number of ether oxygens (including phenoxy) is 2. The molecule has 1 aliphatic rings. The lowest BCUT2D eigenvalue weighted by molar-refractivity contribution is 0.130. The van der Waals surface area contributed by atoms with E-state index in [1.807, 2.05) is 0 Å².